The number of rotatable bonds is 3. The molecule has 1 saturated carbocycles. The summed E-state index contributed by atoms with van der Waals surface area (Å²) in [5.41, 5.74) is 0.520. The van der Waals surface area contributed by atoms with E-state index < -0.39 is 5.60 Å². The van der Waals surface area contributed by atoms with Crippen molar-refractivity contribution in [1.29, 1.82) is 0 Å². The Kier molecular flexibility index (Phi) is 3.90. The SMILES string of the molecule is Cn1ncc(Br)c1CN(C(=O)OC(C)(C)C)C1CC1. The zero-order valence-corrected chi connectivity index (χ0v) is 13.4. The van der Waals surface area contributed by atoms with E-state index >= 15 is 0 Å². The highest BCUT2D eigenvalue weighted by atomic mass is 79.9. The Morgan fingerprint density at radius 3 is 2.63 bits per heavy atom. The van der Waals surface area contributed by atoms with Crippen LogP contribution in [-0.2, 0) is 18.3 Å². The van der Waals surface area contributed by atoms with Crippen molar-refractivity contribution in [2.75, 3.05) is 0 Å². The van der Waals surface area contributed by atoms with Gasteiger partial charge in [-0.3, -0.25) is 9.58 Å². The topological polar surface area (TPSA) is 47.4 Å². The van der Waals surface area contributed by atoms with Crippen molar-refractivity contribution in [3.05, 3.63) is 16.4 Å². The van der Waals surface area contributed by atoms with E-state index in [2.05, 4.69) is 21.0 Å². The molecule has 19 heavy (non-hydrogen) atoms. The summed E-state index contributed by atoms with van der Waals surface area (Å²) in [5.74, 6) is 0. The second-order valence-electron chi connectivity index (χ2n) is 5.90. The molecule has 0 atom stereocenters. The zero-order valence-electron chi connectivity index (χ0n) is 11.8. The van der Waals surface area contributed by atoms with Gasteiger partial charge in [0.05, 0.1) is 22.9 Å². The van der Waals surface area contributed by atoms with Crippen LogP contribution >= 0.6 is 15.9 Å². The smallest absolute Gasteiger partial charge is 0.410 e. The van der Waals surface area contributed by atoms with Crippen molar-refractivity contribution < 1.29 is 9.53 Å². The lowest BCUT2D eigenvalue weighted by Gasteiger charge is -2.27. The Labute approximate surface area is 122 Å². The quantitative estimate of drug-likeness (QED) is 0.856. The first-order valence-corrected chi connectivity index (χ1v) is 7.23. The highest BCUT2D eigenvalue weighted by Crippen LogP contribution is 2.31. The largest absolute Gasteiger partial charge is 0.444 e. The van der Waals surface area contributed by atoms with Gasteiger partial charge in [0, 0.05) is 13.1 Å². The molecule has 1 amide bonds. The summed E-state index contributed by atoms with van der Waals surface area (Å²) in [6, 6.07) is 0.302. The maximum absolute atomic E-state index is 12.2. The lowest BCUT2D eigenvalue weighted by molar-refractivity contribution is 0.0212. The van der Waals surface area contributed by atoms with E-state index in [4.69, 9.17) is 4.74 Å². The Balaban J connectivity index is 2.11. The van der Waals surface area contributed by atoms with Crippen LogP contribution in [0.25, 0.3) is 0 Å². The van der Waals surface area contributed by atoms with Gasteiger partial charge in [-0.15, -0.1) is 0 Å². The molecule has 1 aliphatic carbocycles. The van der Waals surface area contributed by atoms with Crippen molar-refractivity contribution in [2.24, 2.45) is 7.05 Å². The zero-order chi connectivity index (χ0) is 14.2. The van der Waals surface area contributed by atoms with E-state index in [0.717, 1.165) is 23.0 Å². The lowest BCUT2D eigenvalue weighted by Crippen LogP contribution is -2.38. The first-order chi connectivity index (χ1) is 8.78. The highest BCUT2D eigenvalue weighted by Gasteiger charge is 2.36. The van der Waals surface area contributed by atoms with Crippen LogP contribution in [0.2, 0.25) is 0 Å². The molecule has 0 radical (unpaired) electrons. The van der Waals surface area contributed by atoms with Crippen LogP contribution < -0.4 is 0 Å². The molecule has 1 aromatic heterocycles. The van der Waals surface area contributed by atoms with Crippen LogP contribution in [0, 0.1) is 0 Å². The minimum Gasteiger partial charge on any atom is -0.444 e. The van der Waals surface area contributed by atoms with E-state index in [9.17, 15) is 4.79 Å². The van der Waals surface area contributed by atoms with Crippen molar-refractivity contribution in [2.45, 2.75) is 51.8 Å². The summed E-state index contributed by atoms with van der Waals surface area (Å²) >= 11 is 3.46. The molecule has 2 rings (SSSR count). The molecule has 0 unspecified atom stereocenters. The second-order valence-corrected chi connectivity index (χ2v) is 6.76. The molecule has 0 spiro atoms. The molecular formula is C13H20BrN3O2. The number of aromatic nitrogens is 2. The molecule has 6 heteroatoms. The fourth-order valence-corrected chi connectivity index (χ4v) is 2.30. The van der Waals surface area contributed by atoms with Gasteiger partial charge in [0.25, 0.3) is 0 Å². The minimum absolute atomic E-state index is 0.247. The number of amides is 1. The number of carbonyl (C=O) groups is 1. The Morgan fingerprint density at radius 2 is 2.21 bits per heavy atom. The fourth-order valence-electron chi connectivity index (χ4n) is 1.82. The lowest BCUT2D eigenvalue weighted by atomic mass is 10.2. The average Bonchev–Trinajstić information content (AvgIpc) is 3.03. The van der Waals surface area contributed by atoms with Gasteiger partial charge < -0.3 is 4.74 Å². The third kappa shape index (κ3) is 3.72. The van der Waals surface area contributed by atoms with E-state index in [1.165, 1.54) is 0 Å². The summed E-state index contributed by atoms with van der Waals surface area (Å²) in [6.45, 7) is 6.18. The molecule has 1 aliphatic rings. The Morgan fingerprint density at radius 1 is 1.58 bits per heavy atom. The van der Waals surface area contributed by atoms with Crippen LogP contribution in [0.3, 0.4) is 0 Å². The van der Waals surface area contributed by atoms with Crippen LogP contribution in [-0.4, -0.2) is 32.4 Å². The number of nitrogens with zero attached hydrogens (tertiary/aromatic N) is 3. The molecule has 5 nitrogen and oxygen atoms in total. The molecule has 0 aromatic carbocycles. The van der Waals surface area contributed by atoms with Gasteiger partial charge >= 0.3 is 6.09 Å². The standard InChI is InChI=1S/C13H20BrN3O2/c1-13(2,3)19-12(18)17(9-5-6-9)8-11-10(14)7-15-16(11)4/h7,9H,5-6,8H2,1-4H3. The molecular weight excluding hydrogens is 310 g/mol. The van der Waals surface area contributed by atoms with Crippen LogP contribution in [0.4, 0.5) is 4.79 Å². The summed E-state index contributed by atoms with van der Waals surface area (Å²) < 4.78 is 8.17. The van der Waals surface area contributed by atoms with Gasteiger partial charge in [-0.2, -0.15) is 5.10 Å². The summed E-state index contributed by atoms with van der Waals surface area (Å²) in [4.78, 5) is 14.0. The van der Waals surface area contributed by atoms with Gasteiger partial charge in [0.2, 0.25) is 0 Å². The predicted molar refractivity (Wildman–Crippen MR) is 75.7 cm³/mol. The highest BCUT2D eigenvalue weighted by molar-refractivity contribution is 9.10. The minimum atomic E-state index is -0.464. The summed E-state index contributed by atoms with van der Waals surface area (Å²) in [7, 11) is 1.88. The molecule has 0 aliphatic heterocycles. The molecule has 1 heterocycles. The third-order valence-electron chi connectivity index (χ3n) is 2.95. The first-order valence-electron chi connectivity index (χ1n) is 6.44. The van der Waals surface area contributed by atoms with Gasteiger partial charge in [0.15, 0.2) is 0 Å². The fraction of sp³-hybridized carbons (Fsp3) is 0.692. The summed E-state index contributed by atoms with van der Waals surface area (Å²) in [6.07, 6.45) is 3.60. The number of hydrogen-bond donors (Lipinski definition) is 0. The number of carbonyl (C=O) groups excluding carboxylic acids is 1. The van der Waals surface area contributed by atoms with E-state index in [1.54, 1.807) is 15.8 Å². The summed E-state index contributed by atoms with van der Waals surface area (Å²) in [5, 5.41) is 4.17. The van der Waals surface area contributed by atoms with Crippen LogP contribution in [0.5, 0.6) is 0 Å². The van der Waals surface area contributed by atoms with E-state index in [1.807, 2.05) is 27.8 Å². The molecule has 1 fully saturated rings. The molecule has 106 valence electrons. The molecule has 0 N–H and O–H groups in total. The number of aryl methyl sites for hydroxylation is 1. The normalized spacial score (nSPS) is 15.4. The predicted octanol–water partition coefficient (Wildman–Crippen LogP) is 3.08. The van der Waals surface area contributed by atoms with Crippen LogP contribution in [0.1, 0.15) is 39.3 Å². The van der Waals surface area contributed by atoms with Gasteiger partial charge in [-0.05, 0) is 49.5 Å². The van der Waals surface area contributed by atoms with Crippen LogP contribution in [0.15, 0.2) is 10.7 Å². The van der Waals surface area contributed by atoms with E-state index in [-0.39, 0.29) is 6.09 Å². The molecule has 0 saturated heterocycles. The van der Waals surface area contributed by atoms with Crippen molar-refractivity contribution in [1.82, 2.24) is 14.7 Å². The number of halogens is 1. The Bertz CT molecular complexity index is 455. The van der Waals surface area contributed by atoms with Crippen molar-refractivity contribution in [3.8, 4) is 0 Å². The molecule has 0 bridgehead atoms. The first kappa shape index (κ1) is 14.4. The number of ether oxygens (including phenoxy) is 1. The number of hydrogen-bond acceptors (Lipinski definition) is 3. The second kappa shape index (κ2) is 5.15. The van der Waals surface area contributed by atoms with Gasteiger partial charge in [-0.1, -0.05) is 0 Å². The van der Waals surface area contributed by atoms with Crippen molar-refractivity contribution >= 4 is 22.0 Å². The Hall–Kier alpha value is -1.04. The van der Waals surface area contributed by atoms with Gasteiger partial charge in [0.1, 0.15) is 5.60 Å². The molecule has 1 aromatic rings. The average molecular weight is 330 g/mol. The maximum atomic E-state index is 12.2. The monoisotopic (exact) mass is 329 g/mol. The van der Waals surface area contributed by atoms with Gasteiger partial charge in [-0.25, -0.2) is 4.79 Å². The third-order valence-corrected chi connectivity index (χ3v) is 3.61. The maximum Gasteiger partial charge on any atom is 0.410 e. The van der Waals surface area contributed by atoms with E-state index in [0.29, 0.717) is 12.6 Å². The van der Waals surface area contributed by atoms with Crippen molar-refractivity contribution in [3.63, 3.8) is 0 Å².